The van der Waals surface area contributed by atoms with E-state index >= 15 is 0 Å². The second-order valence-corrected chi connectivity index (χ2v) is 5.54. The van der Waals surface area contributed by atoms with Gasteiger partial charge in [-0.1, -0.05) is 0 Å². The first-order valence-electron chi connectivity index (χ1n) is 6.30. The molecule has 2 aromatic heterocycles. The van der Waals surface area contributed by atoms with Crippen LogP contribution in [0.5, 0.6) is 0 Å². The number of H-pyrrole nitrogens is 2. The number of hydrogen-bond acceptors (Lipinski definition) is 5. The maximum absolute atomic E-state index is 12.0. The predicted octanol–water partition coefficient (Wildman–Crippen LogP) is 1.81. The third kappa shape index (κ3) is 3.05. The maximum atomic E-state index is 12.0. The zero-order chi connectivity index (χ0) is 15.6. The Labute approximate surface area is 124 Å². The molecule has 0 radical (unpaired) electrons. The van der Waals surface area contributed by atoms with Crippen LogP contribution < -0.4 is 11.0 Å². The lowest BCUT2D eigenvalue weighted by Gasteiger charge is -2.06. The standard InChI is InChI=1S/C13H15N3O4S/c1-4-20-12(18)9-6(2)7(3)21-11(9)16-10(17)8-5-14-13(19)15-8/h5H,4H2,1-3H3,(H,16,17)(H2,14,15,19). The molecule has 7 nitrogen and oxygen atoms in total. The second-order valence-electron chi connectivity index (χ2n) is 4.32. The number of carbonyl (C=O) groups is 2. The normalized spacial score (nSPS) is 10.4. The van der Waals surface area contributed by atoms with Crippen LogP contribution in [0.4, 0.5) is 5.00 Å². The van der Waals surface area contributed by atoms with Crippen molar-refractivity contribution in [3.8, 4) is 0 Å². The fraction of sp³-hybridized carbons (Fsp3) is 0.308. The van der Waals surface area contributed by atoms with Crippen molar-refractivity contribution in [1.82, 2.24) is 9.97 Å². The molecule has 0 atom stereocenters. The minimum Gasteiger partial charge on any atom is -0.462 e. The second kappa shape index (κ2) is 5.96. The highest BCUT2D eigenvalue weighted by molar-refractivity contribution is 7.16. The Hall–Kier alpha value is -2.35. The first-order chi connectivity index (χ1) is 9.93. The monoisotopic (exact) mass is 309 g/mol. The van der Waals surface area contributed by atoms with Gasteiger partial charge < -0.3 is 20.0 Å². The molecule has 112 valence electrons. The van der Waals surface area contributed by atoms with Gasteiger partial charge in [-0.2, -0.15) is 0 Å². The number of thiophene rings is 1. The van der Waals surface area contributed by atoms with E-state index in [0.29, 0.717) is 10.6 Å². The maximum Gasteiger partial charge on any atom is 0.341 e. The molecule has 0 saturated carbocycles. The lowest BCUT2D eigenvalue weighted by atomic mass is 10.1. The molecule has 2 rings (SSSR count). The molecule has 2 heterocycles. The van der Waals surface area contributed by atoms with Gasteiger partial charge in [-0.25, -0.2) is 9.59 Å². The van der Waals surface area contributed by atoms with E-state index in [-0.39, 0.29) is 12.3 Å². The summed E-state index contributed by atoms with van der Waals surface area (Å²) in [6.45, 7) is 5.63. The molecule has 0 aromatic carbocycles. The van der Waals surface area contributed by atoms with E-state index in [1.807, 2.05) is 6.92 Å². The van der Waals surface area contributed by atoms with Crippen molar-refractivity contribution in [3.05, 3.63) is 38.4 Å². The van der Waals surface area contributed by atoms with Crippen molar-refractivity contribution < 1.29 is 14.3 Å². The average molecular weight is 309 g/mol. The Kier molecular flexibility index (Phi) is 4.27. The Morgan fingerprint density at radius 1 is 1.38 bits per heavy atom. The molecule has 0 bridgehead atoms. The van der Waals surface area contributed by atoms with Gasteiger partial charge in [0.15, 0.2) is 0 Å². The molecule has 0 unspecified atom stereocenters. The van der Waals surface area contributed by atoms with Crippen molar-refractivity contribution in [2.45, 2.75) is 20.8 Å². The lowest BCUT2D eigenvalue weighted by Crippen LogP contribution is -2.16. The molecular formula is C13H15N3O4S. The van der Waals surface area contributed by atoms with Gasteiger partial charge in [0.2, 0.25) is 0 Å². The van der Waals surface area contributed by atoms with E-state index in [1.165, 1.54) is 17.5 Å². The topological polar surface area (TPSA) is 104 Å². The summed E-state index contributed by atoms with van der Waals surface area (Å²) in [6, 6.07) is 0. The number of ether oxygens (including phenoxy) is 1. The Morgan fingerprint density at radius 3 is 2.67 bits per heavy atom. The minimum atomic E-state index is -0.500. The zero-order valence-electron chi connectivity index (χ0n) is 11.8. The largest absolute Gasteiger partial charge is 0.462 e. The summed E-state index contributed by atoms with van der Waals surface area (Å²) in [4.78, 5) is 40.6. The van der Waals surface area contributed by atoms with Crippen molar-refractivity contribution in [1.29, 1.82) is 0 Å². The first kappa shape index (κ1) is 15.0. The SMILES string of the molecule is CCOC(=O)c1c(NC(=O)c2c[nH]c(=O)[nH]2)sc(C)c1C. The van der Waals surface area contributed by atoms with Crippen molar-refractivity contribution in [2.75, 3.05) is 11.9 Å². The summed E-state index contributed by atoms with van der Waals surface area (Å²) in [5, 5.41) is 3.04. The molecule has 1 amide bonds. The van der Waals surface area contributed by atoms with Gasteiger partial charge in [0, 0.05) is 11.1 Å². The van der Waals surface area contributed by atoms with E-state index in [9.17, 15) is 14.4 Å². The number of aromatic amines is 2. The summed E-state index contributed by atoms with van der Waals surface area (Å²) in [5.74, 6) is -0.975. The number of aryl methyl sites for hydroxylation is 1. The highest BCUT2D eigenvalue weighted by Gasteiger charge is 2.22. The average Bonchev–Trinajstić information content (AvgIpc) is 2.95. The predicted molar refractivity (Wildman–Crippen MR) is 79.1 cm³/mol. The van der Waals surface area contributed by atoms with E-state index in [2.05, 4.69) is 15.3 Å². The number of nitrogens with one attached hydrogen (secondary N) is 3. The van der Waals surface area contributed by atoms with Crippen LogP contribution in [0.2, 0.25) is 0 Å². The molecule has 0 aliphatic heterocycles. The van der Waals surface area contributed by atoms with Gasteiger partial charge in [-0.15, -0.1) is 11.3 Å². The van der Waals surface area contributed by atoms with Crippen LogP contribution in [0, 0.1) is 13.8 Å². The number of aromatic nitrogens is 2. The fourth-order valence-electron chi connectivity index (χ4n) is 1.79. The third-order valence-electron chi connectivity index (χ3n) is 2.93. The number of amides is 1. The number of hydrogen-bond donors (Lipinski definition) is 3. The van der Waals surface area contributed by atoms with Gasteiger partial charge in [0.05, 0.1) is 12.2 Å². The third-order valence-corrected chi connectivity index (χ3v) is 4.06. The molecule has 0 saturated heterocycles. The Balaban J connectivity index is 2.31. The molecule has 0 spiro atoms. The molecule has 8 heteroatoms. The quantitative estimate of drug-likeness (QED) is 0.749. The minimum absolute atomic E-state index is 0.0958. The number of esters is 1. The first-order valence-corrected chi connectivity index (χ1v) is 7.11. The van der Waals surface area contributed by atoms with Gasteiger partial charge in [-0.3, -0.25) is 4.79 Å². The van der Waals surface area contributed by atoms with Crippen LogP contribution in [0.3, 0.4) is 0 Å². The van der Waals surface area contributed by atoms with E-state index < -0.39 is 17.6 Å². The summed E-state index contributed by atoms with van der Waals surface area (Å²) in [5.41, 5.74) is 0.754. The molecule has 3 N–H and O–H groups in total. The van der Waals surface area contributed by atoms with Crippen molar-refractivity contribution >= 4 is 28.2 Å². The number of rotatable bonds is 4. The lowest BCUT2D eigenvalue weighted by molar-refractivity contribution is 0.0527. The van der Waals surface area contributed by atoms with Crippen LogP contribution >= 0.6 is 11.3 Å². The smallest absolute Gasteiger partial charge is 0.341 e. The summed E-state index contributed by atoms with van der Waals surface area (Å²) in [6.07, 6.45) is 1.27. The molecular weight excluding hydrogens is 294 g/mol. The zero-order valence-corrected chi connectivity index (χ0v) is 12.6. The van der Waals surface area contributed by atoms with Gasteiger partial charge in [-0.05, 0) is 26.3 Å². The Morgan fingerprint density at radius 2 is 2.10 bits per heavy atom. The van der Waals surface area contributed by atoms with E-state index in [0.717, 1.165) is 10.4 Å². The van der Waals surface area contributed by atoms with Crippen LogP contribution in [0.1, 0.15) is 38.2 Å². The van der Waals surface area contributed by atoms with Crippen LogP contribution in [-0.4, -0.2) is 28.5 Å². The van der Waals surface area contributed by atoms with E-state index in [1.54, 1.807) is 13.8 Å². The van der Waals surface area contributed by atoms with Gasteiger partial charge in [0.1, 0.15) is 10.7 Å². The number of anilines is 1. The van der Waals surface area contributed by atoms with Crippen molar-refractivity contribution in [2.24, 2.45) is 0 Å². The molecule has 0 aliphatic rings. The van der Waals surface area contributed by atoms with E-state index in [4.69, 9.17) is 4.74 Å². The van der Waals surface area contributed by atoms with Crippen molar-refractivity contribution in [3.63, 3.8) is 0 Å². The van der Waals surface area contributed by atoms with Gasteiger partial charge in [0.25, 0.3) is 5.91 Å². The summed E-state index contributed by atoms with van der Waals surface area (Å²) < 4.78 is 5.01. The molecule has 21 heavy (non-hydrogen) atoms. The summed E-state index contributed by atoms with van der Waals surface area (Å²) >= 11 is 1.29. The highest BCUT2D eigenvalue weighted by Crippen LogP contribution is 2.33. The number of carbonyl (C=O) groups excluding carboxylic acids is 2. The van der Waals surface area contributed by atoms with Crippen LogP contribution in [0.25, 0.3) is 0 Å². The molecule has 0 aliphatic carbocycles. The van der Waals surface area contributed by atoms with Crippen LogP contribution in [0.15, 0.2) is 11.0 Å². The van der Waals surface area contributed by atoms with Crippen LogP contribution in [-0.2, 0) is 4.74 Å². The number of imidazole rings is 1. The molecule has 2 aromatic rings. The summed E-state index contributed by atoms with van der Waals surface area (Å²) in [7, 11) is 0. The van der Waals surface area contributed by atoms with Gasteiger partial charge >= 0.3 is 11.7 Å². The Bertz CT molecular complexity index is 741. The molecule has 0 fully saturated rings. The highest BCUT2D eigenvalue weighted by atomic mass is 32.1. The fourth-order valence-corrected chi connectivity index (χ4v) is 2.83.